The fraction of sp³-hybridized carbons (Fsp3) is 0.150. The molecule has 0 atom stereocenters. The SMILES string of the molecule is COc1ccc(OC)c(Nc2nccc(C(=O)Nc3ccc(Cl)cc3C)n2)c1. The van der Waals surface area contributed by atoms with Gasteiger partial charge < -0.3 is 20.1 Å². The van der Waals surface area contributed by atoms with Crippen LogP contribution >= 0.6 is 11.6 Å². The van der Waals surface area contributed by atoms with Crippen molar-refractivity contribution >= 4 is 34.8 Å². The van der Waals surface area contributed by atoms with Gasteiger partial charge in [0.25, 0.3) is 5.91 Å². The number of halogens is 1. The van der Waals surface area contributed by atoms with Crippen LogP contribution in [0.3, 0.4) is 0 Å². The quantitative estimate of drug-likeness (QED) is 0.638. The van der Waals surface area contributed by atoms with Crippen LogP contribution in [0.25, 0.3) is 0 Å². The van der Waals surface area contributed by atoms with Crippen LogP contribution in [0.4, 0.5) is 17.3 Å². The minimum Gasteiger partial charge on any atom is -0.497 e. The standard InChI is InChI=1S/C20H19ClN4O3/c1-12-10-13(21)4-6-15(12)23-19(26)16-8-9-22-20(24-16)25-17-11-14(27-2)5-7-18(17)28-3/h4-11H,1-3H3,(H,23,26)(H,22,24,25). The van der Waals surface area contributed by atoms with E-state index in [1.54, 1.807) is 50.6 Å². The van der Waals surface area contributed by atoms with E-state index in [-0.39, 0.29) is 17.5 Å². The van der Waals surface area contributed by atoms with Crippen molar-refractivity contribution in [1.29, 1.82) is 0 Å². The monoisotopic (exact) mass is 398 g/mol. The number of nitrogens with one attached hydrogen (secondary N) is 2. The van der Waals surface area contributed by atoms with Crippen LogP contribution in [0.2, 0.25) is 5.02 Å². The fourth-order valence-corrected chi connectivity index (χ4v) is 2.76. The average Bonchev–Trinajstić information content (AvgIpc) is 2.70. The molecule has 0 aliphatic rings. The van der Waals surface area contributed by atoms with Crippen molar-refractivity contribution < 1.29 is 14.3 Å². The highest BCUT2D eigenvalue weighted by Crippen LogP contribution is 2.30. The molecule has 0 aliphatic heterocycles. The number of ether oxygens (including phenoxy) is 2. The number of rotatable bonds is 6. The number of benzene rings is 2. The Hall–Kier alpha value is -3.32. The Morgan fingerprint density at radius 1 is 1.04 bits per heavy atom. The summed E-state index contributed by atoms with van der Waals surface area (Å²) in [5.74, 6) is 1.15. The van der Waals surface area contributed by atoms with Gasteiger partial charge in [-0.1, -0.05) is 11.6 Å². The molecule has 2 aromatic carbocycles. The lowest BCUT2D eigenvalue weighted by molar-refractivity contribution is 0.102. The first-order chi connectivity index (χ1) is 13.5. The van der Waals surface area contributed by atoms with E-state index in [2.05, 4.69) is 20.6 Å². The number of nitrogens with zero attached hydrogens (tertiary/aromatic N) is 2. The highest BCUT2D eigenvalue weighted by atomic mass is 35.5. The van der Waals surface area contributed by atoms with Crippen LogP contribution in [0.15, 0.2) is 48.7 Å². The summed E-state index contributed by atoms with van der Waals surface area (Å²) < 4.78 is 10.6. The third-order valence-corrected chi connectivity index (χ3v) is 4.21. The summed E-state index contributed by atoms with van der Waals surface area (Å²) in [6, 6.07) is 12.1. The Morgan fingerprint density at radius 2 is 1.86 bits per heavy atom. The van der Waals surface area contributed by atoms with Gasteiger partial charge in [0.15, 0.2) is 0 Å². The van der Waals surface area contributed by atoms with Crippen molar-refractivity contribution in [1.82, 2.24) is 9.97 Å². The predicted molar refractivity (Wildman–Crippen MR) is 109 cm³/mol. The van der Waals surface area contributed by atoms with Gasteiger partial charge >= 0.3 is 0 Å². The zero-order chi connectivity index (χ0) is 20.1. The molecule has 0 unspecified atom stereocenters. The van der Waals surface area contributed by atoms with Crippen molar-refractivity contribution in [3.05, 3.63) is 64.9 Å². The Balaban J connectivity index is 1.81. The molecule has 1 amide bonds. The van der Waals surface area contributed by atoms with Gasteiger partial charge in [-0.05, 0) is 48.9 Å². The van der Waals surface area contributed by atoms with Crippen LogP contribution in [0.5, 0.6) is 11.5 Å². The maximum absolute atomic E-state index is 12.6. The fourth-order valence-electron chi connectivity index (χ4n) is 2.53. The lowest BCUT2D eigenvalue weighted by Gasteiger charge is -2.12. The molecule has 0 aliphatic carbocycles. The van der Waals surface area contributed by atoms with E-state index >= 15 is 0 Å². The van der Waals surface area contributed by atoms with Gasteiger partial charge in [-0.2, -0.15) is 0 Å². The van der Waals surface area contributed by atoms with E-state index in [1.165, 1.54) is 12.3 Å². The van der Waals surface area contributed by atoms with Gasteiger partial charge in [0, 0.05) is 23.0 Å². The molecule has 3 rings (SSSR count). The summed E-state index contributed by atoms with van der Waals surface area (Å²) in [4.78, 5) is 21.0. The summed E-state index contributed by atoms with van der Waals surface area (Å²) in [6.45, 7) is 1.86. The third kappa shape index (κ3) is 4.50. The molecule has 0 saturated carbocycles. The Kier molecular flexibility index (Phi) is 5.96. The number of aromatic nitrogens is 2. The van der Waals surface area contributed by atoms with E-state index in [4.69, 9.17) is 21.1 Å². The van der Waals surface area contributed by atoms with Crippen molar-refractivity contribution in [3.63, 3.8) is 0 Å². The molecule has 0 saturated heterocycles. The first-order valence-electron chi connectivity index (χ1n) is 8.39. The lowest BCUT2D eigenvalue weighted by Crippen LogP contribution is -2.15. The Morgan fingerprint density at radius 3 is 2.57 bits per heavy atom. The Bertz CT molecular complexity index is 1010. The van der Waals surface area contributed by atoms with Crippen molar-refractivity contribution in [2.24, 2.45) is 0 Å². The summed E-state index contributed by atoms with van der Waals surface area (Å²) in [7, 11) is 3.14. The van der Waals surface area contributed by atoms with Gasteiger partial charge in [0.05, 0.1) is 19.9 Å². The van der Waals surface area contributed by atoms with Crippen LogP contribution in [-0.4, -0.2) is 30.1 Å². The number of carbonyl (C=O) groups excluding carboxylic acids is 1. The number of hydrogen-bond acceptors (Lipinski definition) is 6. The number of aryl methyl sites for hydroxylation is 1. The molecular formula is C20H19ClN4O3. The van der Waals surface area contributed by atoms with Crippen molar-refractivity contribution in [2.75, 3.05) is 24.9 Å². The maximum atomic E-state index is 12.6. The predicted octanol–water partition coefficient (Wildman–Crippen LogP) is 4.45. The number of carbonyl (C=O) groups is 1. The molecule has 28 heavy (non-hydrogen) atoms. The van der Waals surface area contributed by atoms with Gasteiger partial charge in [-0.3, -0.25) is 4.79 Å². The normalized spacial score (nSPS) is 10.3. The lowest BCUT2D eigenvalue weighted by atomic mass is 10.2. The topological polar surface area (TPSA) is 85.4 Å². The molecular weight excluding hydrogens is 380 g/mol. The largest absolute Gasteiger partial charge is 0.497 e. The zero-order valence-corrected chi connectivity index (χ0v) is 16.4. The van der Waals surface area contributed by atoms with E-state index in [9.17, 15) is 4.79 Å². The summed E-state index contributed by atoms with van der Waals surface area (Å²) in [5.41, 5.74) is 2.35. The molecule has 0 bridgehead atoms. The van der Waals surface area contributed by atoms with E-state index < -0.39 is 0 Å². The van der Waals surface area contributed by atoms with Gasteiger partial charge in [0.1, 0.15) is 17.2 Å². The first-order valence-corrected chi connectivity index (χ1v) is 8.77. The number of methoxy groups -OCH3 is 2. The molecule has 0 radical (unpaired) electrons. The molecule has 0 fully saturated rings. The third-order valence-electron chi connectivity index (χ3n) is 3.98. The maximum Gasteiger partial charge on any atom is 0.274 e. The molecule has 1 aromatic heterocycles. The van der Waals surface area contributed by atoms with Gasteiger partial charge in [-0.15, -0.1) is 0 Å². The second-order valence-electron chi connectivity index (χ2n) is 5.87. The summed E-state index contributed by atoms with van der Waals surface area (Å²) in [6.07, 6.45) is 1.51. The van der Waals surface area contributed by atoms with Crippen LogP contribution in [-0.2, 0) is 0 Å². The van der Waals surface area contributed by atoms with Crippen molar-refractivity contribution in [3.8, 4) is 11.5 Å². The summed E-state index contributed by atoms with van der Waals surface area (Å²) >= 11 is 5.95. The number of anilines is 3. The zero-order valence-electron chi connectivity index (χ0n) is 15.6. The van der Waals surface area contributed by atoms with E-state index in [1.807, 2.05) is 6.92 Å². The Labute approximate surface area is 167 Å². The molecule has 8 heteroatoms. The second kappa shape index (κ2) is 8.58. The van der Waals surface area contributed by atoms with E-state index in [0.717, 1.165) is 5.56 Å². The number of hydrogen-bond donors (Lipinski definition) is 2. The van der Waals surface area contributed by atoms with Crippen LogP contribution < -0.4 is 20.1 Å². The highest BCUT2D eigenvalue weighted by molar-refractivity contribution is 6.30. The minimum atomic E-state index is -0.353. The highest BCUT2D eigenvalue weighted by Gasteiger charge is 2.12. The van der Waals surface area contributed by atoms with E-state index in [0.29, 0.717) is 27.9 Å². The van der Waals surface area contributed by atoms with Gasteiger partial charge in [0.2, 0.25) is 5.95 Å². The van der Waals surface area contributed by atoms with Crippen molar-refractivity contribution in [2.45, 2.75) is 6.92 Å². The smallest absolute Gasteiger partial charge is 0.274 e. The summed E-state index contributed by atoms with van der Waals surface area (Å²) in [5, 5.41) is 6.48. The second-order valence-corrected chi connectivity index (χ2v) is 6.31. The first kappa shape index (κ1) is 19.4. The van der Waals surface area contributed by atoms with Crippen LogP contribution in [0, 0.1) is 6.92 Å². The van der Waals surface area contributed by atoms with Gasteiger partial charge in [-0.25, -0.2) is 9.97 Å². The number of amides is 1. The molecule has 2 N–H and O–H groups in total. The molecule has 3 aromatic rings. The minimum absolute atomic E-state index is 0.216. The molecule has 0 spiro atoms. The average molecular weight is 399 g/mol. The molecule has 7 nitrogen and oxygen atoms in total. The molecule has 1 heterocycles. The van der Waals surface area contributed by atoms with Crippen LogP contribution in [0.1, 0.15) is 16.1 Å². The molecule has 144 valence electrons.